The molecule has 0 radical (unpaired) electrons. The van der Waals surface area contributed by atoms with E-state index in [2.05, 4.69) is 0 Å². The molecule has 0 aliphatic rings. The van der Waals surface area contributed by atoms with Crippen molar-refractivity contribution in [1.29, 1.82) is 0 Å². The van der Waals surface area contributed by atoms with Crippen molar-refractivity contribution in [3.63, 3.8) is 0 Å². The summed E-state index contributed by atoms with van der Waals surface area (Å²) in [6.07, 6.45) is 0. The average Bonchev–Trinajstić information content (AvgIpc) is 2.48. The summed E-state index contributed by atoms with van der Waals surface area (Å²) in [7, 11) is 1.41. The zero-order valence-electron chi connectivity index (χ0n) is 11.2. The molecule has 0 saturated carbocycles. The quantitative estimate of drug-likeness (QED) is 0.849. The van der Waals surface area contributed by atoms with Crippen LogP contribution in [0.4, 0.5) is 15.8 Å². The first kappa shape index (κ1) is 14.5. The summed E-state index contributed by atoms with van der Waals surface area (Å²) in [5.74, 6) is -2.33. The van der Waals surface area contributed by atoms with Crippen molar-refractivity contribution in [3.05, 3.63) is 59.4 Å². The van der Waals surface area contributed by atoms with Crippen LogP contribution in [-0.2, 0) is 0 Å². The van der Waals surface area contributed by atoms with Crippen molar-refractivity contribution in [1.82, 2.24) is 0 Å². The summed E-state index contributed by atoms with van der Waals surface area (Å²) in [4.78, 5) is 24.7. The molecule has 5 nitrogen and oxygen atoms in total. The molecular formula is C15H13FN2O3. The van der Waals surface area contributed by atoms with Gasteiger partial charge in [0, 0.05) is 12.7 Å². The second-order valence-electron chi connectivity index (χ2n) is 4.42. The van der Waals surface area contributed by atoms with Crippen LogP contribution in [-0.4, -0.2) is 24.0 Å². The number of aromatic carboxylic acids is 1. The molecule has 0 heterocycles. The van der Waals surface area contributed by atoms with E-state index in [-0.39, 0.29) is 22.5 Å². The summed E-state index contributed by atoms with van der Waals surface area (Å²) in [5.41, 5.74) is 5.97. The smallest absolute Gasteiger partial charge is 0.337 e. The van der Waals surface area contributed by atoms with Crippen LogP contribution >= 0.6 is 0 Å². The minimum Gasteiger partial charge on any atom is -0.478 e. The topological polar surface area (TPSA) is 83.6 Å². The summed E-state index contributed by atoms with van der Waals surface area (Å²) in [5, 5.41) is 9.14. The SMILES string of the molecule is CN(C(=O)c1cc(F)ccc1N)c1ccccc1C(=O)O. The van der Waals surface area contributed by atoms with Crippen molar-refractivity contribution < 1.29 is 19.1 Å². The number of hydrogen-bond donors (Lipinski definition) is 2. The van der Waals surface area contributed by atoms with Gasteiger partial charge in [-0.05, 0) is 30.3 Å². The summed E-state index contributed by atoms with van der Waals surface area (Å²) < 4.78 is 13.3. The molecule has 0 spiro atoms. The second kappa shape index (κ2) is 5.62. The third kappa shape index (κ3) is 2.84. The molecule has 0 atom stereocenters. The third-order valence-corrected chi connectivity index (χ3v) is 3.05. The number of carbonyl (C=O) groups excluding carboxylic acids is 1. The summed E-state index contributed by atoms with van der Waals surface area (Å²) in [6.45, 7) is 0. The van der Waals surface area contributed by atoms with Gasteiger partial charge in [-0.25, -0.2) is 9.18 Å². The van der Waals surface area contributed by atoms with Crippen LogP contribution in [0.2, 0.25) is 0 Å². The highest BCUT2D eigenvalue weighted by Gasteiger charge is 2.21. The largest absolute Gasteiger partial charge is 0.478 e. The lowest BCUT2D eigenvalue weighted by Crippen LogP contribution is -2.28. The number of amides is 1. The number of anilines is 2. The average molecular weight is 288 g/mol. The summed E-state index contributed by atoms with van der Waals surface area (Å²) >= 11 is 0. The number of rotatable bonds is 3. The van der Waals surface area contributed by atoms with Crippen LogP contribution in [0.1, 0.15) is 20.7 Å². The van der Waals surface area contributed by atoms with Crippen LogP contribution in [0.5, 0.6) is 0 Å². The van der Waals surface area contributed by atoms with Gasteiger partial charge in [0.2, 0.25) is 0 Å². The van der Waals surface area contributed by atoms with Crippen LogP contribution in [0.25, 0.3) is 0 Å². The fourth-order valence-corrected chi connectivity index (χ4v) is 1.95. The highest BCUT2D eigenvalue weighted by molar-refractivity contribution is 6.11. The van der Waals surface area contributed by atoms with Gasteiger partial charge < -0.3 is 15.7 Å². The fraction of sp³-hybridized carbons (Fsp3) is 0.0667. The zero-order chi connectivity index (χ0) is 15.6. The van der Waals surface area contributed by atoms with Crippen molar-refractivity contribution >= 4 is 23.3 Å². The molecule has 0 saturated heterocycles. The minimum absolute atomic E-state index is 0.0160. The molecule has 108 valence electrons. The number of halogens is 1. The first-order valence-corrected chi connectivity index (χ1v) is 6.07. The van der Waals surface area contributed by atoms with E-state index in [1.807, 2.05) is 0 Å². The van der Waals surface area contributed by atoms with Gasteiger partial charge in [-0.1, -0.05) is 12.1 Å². The first-order chi connectivity index (χ1) is 9.91. The fourth-order valence-electron chi connectivity index (χ4n) is 1.95. The number of carboxylic acids is 1. The number of carbonyl (C=O) groups is 2. The van der Waals surface area contributed by atoms with Crippen LogP contribution in [0.3, 0.4) is 0 Å². The van der Waals surface area contributed by atoms with Gasteiger partial charge in [0.15, 0.2) is 0 Å². The molecule has 2 aromatic carbocycles. The number of nitrogens with two attached hydrogens (primary N) is 1. The molecule has 0 aliphatic heterocycles. The van der Waals surface area contributed by atoms with E-state index < -0.39 is 17.7 Å². The Morgan fingerprint density at radius 1 is 1.14 bits per heavy atom. The third-order valence-electron chi connectivity index (χ3n) is 3.05. The van der Waals surface area contributed by atoms with Gasteiger partial charge in [0.25, 0.3) is 5.91 Å². The maximum atomic E-state index is 13.3. The van der Waals surface area contributed by atoms with Crippen molar-refractivity contribution in [2.24, 2.45) is 0 Å². The van der Waals surface area contributed by atoms with E-state index in [0.29, 0.717) is 0 Å². The minimum atomic E-state index is -1.16. The van der Waals surface area contributed by atoms with E-state index in [4.69, 9.17) is 10.8 Å². The Bertz CT molecular complexity index is 716. The van der Waals surface area contributed by atoms with Crippen LogP contribution < -0.4 is 10.6 Å². The monoisotopic (exact) mass is 288 g/mol. The molecule has 2 aromatic rings. The Labute approximate surface area is 120 Å². The number of nitrogens with zero attached hydrogens (tertiary/aromatic N) is 1. The van der Waals surface area contributed by atoms with E-state index in [1.54, 1.807) is 12.1 Å². The van der Waals surface area contributed by atoms with Crippen molar-refractivity contribution in [2.45, 2.75) is 0 Å². The molecule has 0 aromatic heterocycles. The van der Waals surface area contributed by atoms with E-state index in [0.717, 1.165) is 17.0 Å². The molecule has 21 heavy (non-hydrogen) atoms. The molecule has 3 N–H and O–H groups in total. The van der Waals surface area contributed by atoms with Gasteiger partial charge in [-0.3, -0.25) is 4.79 Å². The standard InChI is InChI=1S/C15H13FN2O3/c1-18(13-5-3-2-4-10(13)15(20)21)14(19)11-8-9(16)6-7-12(11)17/h2-8H,17H2,1H3,(H,20,21). The van der Waals surface area contributed by atoms with Crippen molar-refractivity contribution in [2.75, 3.05) is 17.7 Å². The van der Waals surface area contributed by atoms with Gasteiger partial charge in [-0.2, -0.15) is 0 Å². The highest BCUT2D eigenvalue weighted by Crippen LogP contribution is 2.23. The van der Waals surface area contributed by atoms with Gasteiger partial charge in [-0.15, -0.1) is 0 Å². The van der Waals surface area contributed by atoms with Crippen LogP contribution in [0.15, 0.2) is 42.5 Å². The molecule has 1 amide bonds. The zero-order valence-corrected chi connectivity index (χ0v) is 11.2. The molecule has 0 aliphatic carbocycles. The molecule has 2 rings (SSSR count). The van der Waals surface area contributed by atoms with E-state index in [1.165, 1.54) is 25.2 Å². The molecule has 6 heteroatoms. The molecule has 0 bridgehead atoms. The van der Waals surface area contributed by atoms with Gasteiger partial charge >= 0.3 is 5.97 Å². The molecular weight excluding hydrogens is 275 g/mol. The number of para-hydroxylation sites is 1. The predicted molar refractivity (Wildman–Crippen MR) is 76.9 cm³/mol. The van der Waals surface area contributed by atoms with Crippen molar-refractivity contribution in [3.8, 4) is 0 Å². The normalized spacial score (nSPS) is 10.2. The number of carboxylic acid groups (broad SMARTS) is 1. The Morgan fingerprint density at radius 3 is 2.48 bits per heavy atom. The second-order valence-corrected chi connectivity index (χ2v) is 4.42. The van der Waals surface area contributed by atoms with Crippen LogP contribution in [0, 0.1) is 5.82 Å². The molecule has 0 fully saturated rings. The highest BCUT2D eigenvalue weighted by atomic mass is 19.1. The van der Waals surface area contributed by atoms with Gasteiger partial charge in [0.1, 0.15) is 5.82 Å². The predicted octanol–water partition coefficient (Wildman–Crippen LogP) is 2.38. The molecule has 0 unspecified atom stereocenters. The lowest BCUT2D eigenvalue weighted by atomic mass is 10.1. The lowest BCUT2D eigenvalue weighted by molar-refractivity contribution is 0.0697. The van der Waals surface area contributed by atoms with E-state index in [9.17, 15) is 14.0 Å². The maximum absolute atomic E-state index is 13.3. The first-order valence-electron chi connectivity index (χ1n) is 6.07. The lowest BCUT2D eigenvalue weighted by Gasteiger charge is -2.20. The number of nitrogen functional groups attached to an aromatic ring is 1. The van der Waals surface area contributed by atoms with Gasteiger partial charge in [0.05, 0.1) is 16.8 Å². The summed E-state index contributed by atoms with van der Waals surface area (Å²) in [6, 6.07) is 9.52. The Kier molecular flexibility index (Phi) is 3.89. The Morgan fingerprint density at radius 2 is 1.81 bits per heavy atom. The Balaban J connectivity index is 2.45. The number of benzene rings is 2. The van der Waals surface area contributed by atoms with E-state index >= 15 is 0 Å². The maximum Gasteiger partial charge on any atom is 0.337 e. The number of hydrogen-bond acceptors (Lipinski definition) is 3. The Hall–Kier alpha value is -2.89.